The van der Waals surface area contributed by atoms with Gasteiger partial charge in [0.25, 0.3) is 0 Å². The van der Waals surface area contributed by atoms with Crippen LogP contribution in [0.1, 0.15) is 24.8 Å². The topological polar surface area (TPSA) is 48.5 Å². The minimum absolute atomic E-state index is 0. The minimum Gasteiger partial charge on any atom is -0.339 e. The Morgan fingerprint density at radius 3 is 2.55 bits per heavy atom. The summed E-state index contributed by atoms with van der Waals surface area (Å²) in [6.45, 7) is 5.55. The smallest absolute Gasteiger partial charge is 0.239 e. The van der Waals surface area contributed by atoms with Crippen LogP contribution < -0.4 is 5.32 Å². The summed E-state index contributed by atoms with van der Waals surface area (Å²) < 4.78 is 0. The van der Waals surface area contributed by atoms with Crippen LogP contribution in [0.3, 0.4) is 0 Å². The summed E-state index contributed by atoms with van der Waals surface area (Å²) in [5.74, 6) is 0.304. The largest absolute Gasteiger partial charge is 0.339 e. The average molecular weight is 325 g/mol. The lowest BCUT2D eigenvalue weighted by molar-refractivity contribution is -0.135. The Bertz CT molecular complexity index is 456. The Morgan fingerprint density at radius 1 is 1.18 bits per heavy atom. The van der Waals surface area contributed by atoms with E-state index in [1.807, 2.05) is 17.3 Å². The molecule has 3 heterocycles. The molecule has 6 heteroatoms. The SMILES string of the molecule is Cl.O=C([C@@H]1CCCCN1)N1CCN(Cc2ccncc2)CC1. The average Bonchev–Trinajstić information content (AvgIpc) is 2.57. The molecule has 0 radical (unpaired) electrons. The molecule has 1 amide bonds. The number of carbonyl (C=O) groups excluding carboxylic acids is 1. The van der Waals surface area contributed by atoms with Gasteiger partial charge in [0, 0.05) is 45.1 Å². The quantitative estimate of drug-likeness (QED) is 0.910. The van der Waals surface area contributed by atoms with Crippen molar-refractivity contribution in [3.63, 3.8) is 0 Å². The Labute approximate surface area is 138 Å². The van der Waals surface area contributed by atoms with Gasteiger partial charge in [-0.25, -0.2) is 0 Å². The Balaban J connectivity index is 0.00000176. The van der Waals surface area contributed by atoms with Gasteiger partial charge in [-0.1, -0.05) is 6.42 Å². The lowest BCUT2D eigenvalue weighted by Gasteiger charge is -2.37. The van der Waals surface area contributed by atoms with E-state index in [2.05, 4.69) is 27.3 Å². The second-order valence-corrected chi connectivity index (χ2v) is 5.96. The van der Waals surface area contributed by atoms with Gasteiger partial charge in [0.15, 0.2) is 0 Å². The molecule has 0 spiro atoms. The fourth-order valence-electron chi connectivity index (χ4n) is 3.16. The molecular formula is C16H25ClN4O. The fourth-order valence-corrected chi connectivity index (χ4v) is 3.16. The molecule has 2 saturated heterocycles. The number of nitrogens with one attached hydrogen (secondary N) is 1. The molecule has 0 aromatic carbocycles. The van der Waals surface area contributed by atoms with E-state index in [0.717, 1.165) is 45.7 Å². The summed E-state index contributed by atoms with van der Waals surface area (Å²) in [4.78, 5) is 20.9. The molecule has 5 nitrogen and oxygen atoms in total. The van der Waals surface area contributed by atoms with E-state index in [1.54, 1.807) is 0 Å². The van der Waals surface area contributed by atoms with E-state index in [0.29, 0.717) is 5.91 Å². The highest BCUT2D eigenvalue weighted by Crippen LogP contribution is 2.13. The number of carbonyl (C=O) groups is 1. The number of hydrogen-bond acceptors (Lipinski definition) is 4. The third kappa shape index (κ3) is 4.41. The highest BCUT2D eigenvalue weighted by molar-refractivity contribution is 5.85. The molecule has 0 unspecified atom stereocenters. The Hall–Kier alpha value is -1.17. The Kier molecular flexibility index (Phi) is 6.61. The predicted octanol–water partition coefficient (Wildman–Crippen LogP) is 1.29. The third-order valence-corrected chi connectivity index (χ3v) is 4.45. The van der Waals surface area contributed by atoms with E-state index < -0.39 is 0 Å². The molecule has 2 aliphatic heterocycles. The van der Waals surface area contributed by atoms with Crippen molar-refractivity contribution in [1.82, 2.24) is 20.1 Å². The summed E-state index contributed by atoms with van der Waals surface area (Å²) in [6.07, 6.45) is 7.04. The second kappa shape index (κ2) is 8.46. The van der Waals surface area contributed by atoms with Crippen LogP contribution in [0, 0.1) is 0 Å². The lowest BCUT2D eigenvalue weighted by atomic mass is 10.0. The van der Waals surface area contributed by atoms with Gasteiger partial charge >= 0.3 is 0 Å². The number of aromatic nitrogens is 1. The maximum Gasteiger partial charge on any atom is 0.239 e. The molecule has 0 aliphatic carbocycles. The van der Waals surface area contributed by atoms with Crippen LogP contribution in [0.15, 0.2) is 24.5 Å². The molecule has 22 heavy (non-hydrogen) atoms. The standard InChI is InChI=1S/C16H24N4O.ClH/c21-16(15-3-1-2-6-18-15)20-11-9-19(10-12-20)13-14-4-7-17-8-5-14;/h4-5,7-8,15,18H,1-3,6,9-13H2;1H/t15-;/m0./s1. The Morgan fingerprint density at radius 2 is 1.91 bits per heavy atom. The van der Waals surface area contributed by atoms with Crippen molar-refractivity contribution in [1.29, 1.82) is 0 Å². The molecule has 0 saturated carbocycles. The van der Waals surface area contributed by atoms with Gasteiger partial charge < -0.3 is 10.2 Å². The predicted molar refractivity (Wildman–Crippen MR) is 89.0 cm³/mol. The van der Waals surface area contributed by atoms with Crippen molar-refractivity contribution in [3.05, 3.63) is 30.1 Å². The highest BCUT2D eigenvalue weighted by Gasteiger charge is 2.28. The van der Waals surface area contributed by atoms with Crippen molar-refractivity contribution < 1.29 is 4.79 Å². The molecule has 3 rings (SSSR count). The zero-order valence-electron chi connectivity index (χ0n) is 12.9. The number of piperazine rings is 1. The van der Waals surface area contributed by atoms with E-state index in [1.165, 1.54) is 18.4 Å². The van der Waals surface area contributed by atoms with Crippen LogP contribution in [-0.2, 0) is 11.3 Å². The second-order valence-electron chi connectivity index (χ2n) is 5.96. The van der Waals surface area contributed by atoms with Gasteiger partial charge in [0.2, 0.25) is 5.91 Å². The monoisotopic (exact) mass is 324 g/mol. The summed E-state index contributed by atoms with van der Waals surface area (Å²) in [6, 6.07) is 4.18. The van der Waals surface area contributed by atoms with Crippen LogP contribution in [-0.4, -0.2) is 59.5 Å². The molecule has 1 atom stereocenters. The number of nitrogens with zero attached hydrogens (tertiary/aromatic N) is 3. The first kappa shape index (κ1) is 17.2. The first-order chi connectivity index (χ1) is 10.3. The fraction of sp³-hybridized carbons (Fsp3) is 0.625. The number of halogens is 1. The van der Waals surface area contributed by atoms with Gasteiger partial charge in [0.05, 0.1) is 6.04 Å². The minimum atomic E-state index is 0. The van der Waals surface area contributed by atoms with Crippen LogP contribution in [0.25, 0.3) is 0 Å². The van der Waals surface area contributed by atoms with Crippen molar-refractivity contribution in [2.45, 2.75) is 31.8 Å². The molecule has 122 valence electrons. The lowest BCUT2D eigenvalue weighted by Crippen LogP contribution is -2.54. The van der Waals surface area contributed by atoms with E-state index in [4.69, 9.17) is 0 Å². The van der Waals surface area contributed by atoms with Crippen molar-refractivity contribution >= 4 is 18.3 Å². The van der Waals surface area contributed by atoms with Crippen LogP contribution in [0.2, 0.25) is 0 Å². The number of piperidine rings is 1. The molecule has 1 N–H and O–H groups in total. The molecule has 2 fully saturated rings. The van der Waals surface area contributed by atoms with Crippen LogP contribution >= 0.6 is 12.4 Å². The van der Waals surface area contributed by atoms with Gasteiger partial charge in [-0.05, 0) is 37.1 Å². The highest BCUT2D eigenvalue weighted by atomic mass is 35.5. The van der Waals surface area contributed by atoms with Crippen LogP contribution in [0.4, 0.5) is 0 Å². The van der Waals surface area contributed by atoms with Crippen molar-refractivity contribution in [3.8, 4) is 0 Å². The molecule has 0 bridgehead atoms. The number of hydrogen-bond donors (Lipinski definition) is 1. The normalized spacial score (nSPS) is 22.9. The van der Waals surface area contributed by atoms with Gasteiger partial charge in [0.1, 0.15) is 0 Å². The summed E-state index contributed by atoms with van der Waals surface area (Å²) in [5.41, 5.74) is 1.29. The zero-order chi connectivity index (χ0) is 14.5. The maximum atomic E-state index is 12.5. The zero-order valence-corrected chi connectivity index (χ0v) is 13.7. The summed E-state index contributed by atoms with van der Waals surface area (Å²) >= 11 is 0. The van der Waals surface area contributed by atoms with E-state index >= 15 is 0 Å². The van der Waals surface area contributed by atoms with Crippen LogP contribution in [0.5, 0.6) is 0 Å². The number of amides is 1. The third-order valence-electron chi connectivity index (χ3n) is 4.45. The van der Waals surface area contributed by atoms with Gasteiger partial charge in [-0.15, -0.1) is 12.4 Å². The van der Waals surface area contributed by atoms with Crippen molar-refractivity contribution in [2.24, 2.45) is 0 Å². The molecule has 1 aromatic rings. The number of rotatable bonds is 3. The summed E-state index contributed by atoms with van der Waals surface area (Å²) in [5, 5.41) is 3.36. The maximum absolute atomic E-state index is 12.5. The first-order valence-corrected chi connectivity index (χ1v) is 7.96. The molecular weight excluding hydrogens is 300 g/mol. The molecule has 1 aromatic heterocycles. The van der Waals surface area contributed by atoms with E-state index in [-0.39, 0.29) is 18.4 Å². The van der Waals surface area contributed by atoms with Gasteiger partial charge in [-0.2, -0.15) is 0 Å². The molecule has 2 aliphatic rings. The summed E-state index contributed by atoms with van der Waals surface area (Å²) in [7, 11) is 0. The van der Waals surface area contributed by atoms with Gasteiger partial charge in [-0.3, -0.25) is 14.7 Å². The van der Waals surface area contributed by atoms with Crippen molar-refractivity contribution in [2.75, 3.05) is 32.7 Å². The first-order valence-electron chi connectivity index (χ1n) is 7.96. The van der Waals surface area contributed by atoms with E-state index in [9.17, 15) is 4.79 Å². The number of pyridine rings is 1.